The van der Waals surface area contributed by atoms with Gasteiger partial charge in [-0.3, -0.25) is 10.4 Å². The minimum atomic E-state index is -0.695. The molecule has 0 saturated carbocycles. The molecule has 2 aromatic rings. The molecule has 148 valence electrons. The summed E-state index contributed by atoms with van der Waals surface area (Å²) in [7, 11) is 1.50. The van der Waals surface area contributed by atoms with Crippen molar-refractivity contribution in [2.45, 2.75) is 6.61 Å². The first-order chi connectivity index (χ1) is 13.5. The quantitative estimate of drug-likeness (QED) is 0.168. The molecule has 0 radical (unpaired) electrons. The maximum Gasteiger partial charge on any atom is 0.350 e. The molecular formula is C18H21BrN6O3. The second-order valence-electron chi connectivity index (χ2n) is 5.39. The number of hydrogen-bond acceptors (Lipinski definition) is 7. The summed E-state index contributed by atoms with van der Waals surface area (Å²) in [5.74, 6) is 11.5. The maximum absolute atomic E-state index is 11.7. The lowest BCUT2D eigenvalue weighted by Crippen LogP contribution is -2.48. The van der Waals surface area contributed by atoms with Gasteiger partial charge >= 0.3 is 6.03 Å². The van der Waals surface area contributed by atoms with E-state index < -0.39 is 6.03 Å². The van der Waals surface area contributed by atoms with Crippen molar-refractivity contribution in [2.75, 3.05) is 12.1 Å². The number of urea groups is 1. The summed E-state index contributed by atoms with van der Waals surface area (Å²) in [4.78, 5) is 16.0. The lowest BCUT2D eigenvalue weighted by Gasteiger charge is -2.21. The number of carbonyl (C=O) groups is 1. The normalized spacial score (nSPS) is 11.4. The molecule has 2 amide bonds. The van der Waals surface area contributed by atoms with Crippen molar-refractivity contribution < 1.29 is 14.3 Å². The highest BCUT2D eigenvalue weighted by atomic mass is 79.9. The van der Waals surface area contributed by atoms with Crippen molar-refractivity contribution in [3.63, 3.8) is 0 Å². The lowest BCUT2D eigenvalue weighted by molar-refractivity contribution is 0.193. The van der Waals surface area contributed by atoms with Gasteiger partial charge < -0.3 is 15.2 Å². The van der Waals surface area contributed by atoms with E-state index in [0.717, 1.165) is 15.2 Å². The average molecular weight is 449 g/mol. The number of nitrogens with two attached hydrogens (primary N) is 3. The molecule has 0 atom stereocenters. The van der Waals surface area contributed by atoms with Crippen LogP contribution in [0.25, 0.3) is 0 Å². The predicted octanol–water partition coefficient (Wildman–Crippen LogP) is 2.44. The van der Waals surface area contributed by atoms with Crippen LogP contribution in [0.2, 0.25) is 0 Å². The minimum absolute atomic E-state index is 0.0132. The molecule has 2 aromatic carbocycles. The Labute approximate surface area is 170 Å². The fourth-order valence-corrected chi connectivity index (χ4v) is 2.49. The topological polar surface area (TPSA) is 141 Å². The first kappa shape index (κ1) is 21.2. The first-order valence-electron chi connectivity index (χ1n) is 8.05. The Morgan fingerprint density at radius 3 is 2.64 bits per heavy atom. The summed E-state index contributed by atoms with van der Waals surface area (Å²) in [6.07, 6.45) is 3.04. The molecule has 0 unspecified atom stereocenters. The number of rotatable bonds is 7. The van der Waals surface area contributed by atoms with Crippen LogP contribution in [-0.2, 0) is 11.3 Å². The molecule has 0 aliphatic rings. The van der Waals surface area contributed by atoms with E-state index in [0.29, 0.717) is 17.0 Å². The smallest absolute Gasteiger partial charge is 0.350 e. The third-order valence-electron chi connectivity index (χ3n) is 3.60. The molecule has 0 fully saturated rings. The molecule has 9 nitrogen and oxygen atoms in total. The van der Waals surface area contributed by atoms with Gasteiger partial charge in [0.05, 0.1) is 24.0 Å². The highest BCUT2D eigenvalue weighted by molar-refractivity contribution is 9.10. The van der Waals surface area contributed by atoms with Crippen LogP contribution in [0, 0.1) is 0 Å². The van der Waals surface area contributed by atoms with Crippen LogP contribution in [0.15, 0.2) is 63.9 Å². The van der Waals surface area contributed by atoms with E-state index in [1.807, 2.05) is 29.7 Å². The zero-order chi connectivity index (χ0) is 20.5. The summed E-state index contributed by atoms with van der Waals surface area (Å²) in [5, 5.41) is 0.857. The third-order valence-corrected chi connectivity index (χ3v) is 4.13. The van der Waals surface area contributed by atoms with Gasteiger partial charge in [-0.2, -0.15) is 0 Å². The van der Waals surface area contributed by atoms with Gasteiger partial charge in [0.25, 0.3) is 0 Å². The second-order valence-corrected chi connectivity index (χ2v) is 6.31. The molecule has 0 bridgehead atoms. The summed E-state index contributed by atoms with van der Waals surface area (Å²) in [6, 6.07) is 11.8. The van der Waals surface area contributed by atoms with E-state index in [2.05, 4.69) is 20.9 Å². The van der Waals surface area contributed by atoms with Crippen molar-refractivity contribution in [1.29, 1.82) is 0 Å². The summed E-state index contributed by atoms with van der Waals surface area (Å²) in [5.41, 5.74) is 9.49. The molecule has 0 saturated heterocycles. The Morgan fingerprint density at radius 1 is 1.29 bits per heavy atom. The van der Waals surface area contributed by atoms with Crippen molar-refractivity contribution in [1.82, 2.24) is 5.43 Å². The number of amides is 2. The average Bonchev–Trinajstić information content (AvgIpc) is 2.72. The Balaban J connectivity index is 2.11. The highest BCUT2D eigenvalue weighted by Gasteiger charge is 2.18. The Kier molecular flexibility index (Phi) is 7.81. The van der Waals surface area contributed by atoms with Crippen LogP contribution in [0.1, 0.15) is 5.56 Å². The van der Waals surface area contributed by atoms with Crippen molar-refractivity contribution >= 4 is 39.6 Å². The van der Waals surface area contributed by atoms with Crippen molar-refractivity contribution in [3.05, 3.63) is 64.5 Å². The van der Waals surface area contributed by atoms with Crippen LogP contribution < -0.4 is 32.6 Å². The summed E-state index contributed by atoms with van der Waals surface area (Å²) >= 11 is 3.36. The van der Waals surface area contributed by atoms with Gasteiger partial charge in [0.15, 0.2) is 5.88 Å². The van der Waals surface area contributed by atoms with E-state index >= 15 is 0 Å². The second kappa shape index (κ2) is 10.3. The number of hydrogen-bond donors (Lipinski definition) is 4. The van der Waals surface area contributed by atoms with Gasteiger partial charge in [-0.25, -0.2) is 21.5 Å². The number of nitrogens with one attached hydrogen (secondary N) is 1. The molecule has 0 aliphatic heterocycles. The van der Waals surface area contributed by atoms with E-state index in [9.17, 15) is 4.79 Å². The number of aliphatic imine (C=N–C) groups is 1. The lowest BCUT2D eigenvalue weighted by atomic mass is 10.1. The van der Waals surface area contributed by atoms with Crippen LogP contribution >= 0.6 is 15.9 Å². The number of methoxy groups -OCH3 is 1. The molecular weight excluding hydrogens is 428 g/mol. The van der Waals surface area contributed by atoms with Crippen LogP contribution in [0.4, 0.5) is 16.2 Å². The molecule has 0 aliphatic carbocycles. The fraction of sp³-hybridized carbons (Fsp3) is 0.111. The number of anilines is 1. The van der Waals surface area contributed by atoms with Gasteiger partial charge in [0.1, 0.15) is 12.4 Å². The number of allylic oxidation sites excluding steroid dienone is 1. The van der Waals surface area contributed by atoms with Crippen LogP contribution in [0.3, 0.4) is 0 Å². The number of halogens is 1. The first-order valence-corrected chi connectivity index (χ1v) is 8.85. The number of nitrogens with zero attached hydrogens (tertiary/aromatic N) is 2. The summed E-state index contributed by atoms with van der Waals surface area (Å²) in [6.45, 7) is 0.0132. The maximum atomic E-state index is 11.7. The van der Waals surface area contributed by atoms with E-state index in [4.69, 9.17) is 26.9 Å². The SMILES string of the molecule is COc1cccc(N(N)C(=O)NN)c1CO/C(N)=C/C=Nc1ccc(Br)cc1. The zero-order valence-electron chi connectivity index (χ0n) is 15.1. The Bertz CT molecular complexity index is 870. The standard InChI is InChI=1S/C18H21BrN6O3/c1-27-16-4-2-3-15(25(22)18(26)24-21)14(16)11-28-17(20)9-10-23-13-7-5-12(19)6-8-13/h2-10H,11,20-22H2,1H3,(H,24,26)/b17-9+,23-10?. The van der Waals surface area contributed by atoms with Gasteiger partial charge in [0, 0.05) is 16.8 Å². The zero-order valence-corrected chi connectivity index (χ0v) is 16.7. The van der Waals surface area contributed by atoms with Crippen LogP contribution in [-0.4, -0.2) is 19.4 Å². The minimum Gasteiger partial charge on any atom is -0.496 e. The largest absolute Gasteiger partial charge is 0.496 e. The molecule has 7 N–H and O–H groups in total. The van der Waals surface area contributed by atoms with E-state index in [1.165, 1.54) is 19.4 Å². The number of ether oxygens (including phenoxy) is 2. The molecule has 2 rings (SSSR count). The fourth-order valence-electron chi connectivity index (χ4n) is 2.22. The monoisotopic (exact) mass is 448 g/mol. The molecule has 0 heterocycles. The van der Waals surface area contributed by atoms with E-state index in [-0.39, 0.29) is 12.5 Å². The number of hydrazine groups is 2. The highest BCUT2D eigenvalue weighted by Crippen LogP contribution is 2.29. The number of benzene rings is 2. The Morgan fingerprint density at radius 2 is 2.00 bits per heavy atom. The molecule has 28 heavy (non-hydrogen) atoms. The molecule has 0 spiro atoms. The van der Waals surface area contributed by atoms with Gasteiger partial charge in [0.2, 0.25) is 0 Å². The van der Waals surface area contributed by atoms with Gasteiger partial charge in [-0.1, -0.05) is 22.0 Å². The predicted molar refractivity (Wildman–Crippen MR) is 112 cm³/mol. The molecule has 10 heteroatoms. The van der Waals surface area contributed by atoms with Crippen molar-refractivity contribution in [3.8, 4) is 5.75 Å². The van der Waals surface area contributed by atoms with Crippen molar-refractivity contribution in [2.24, 2.45) is 22.4 Å². The van der Waals surface area contributed by atoms with E-state index in [1.54, 1.807) is 18.2 Å². The third kappa shape index (κ3) is 5.71. The summed E-state index contributed by atoms with van der Waals surface area (Å²) < 4.78 is 11.8. The van der Waals surface area contributed by atoms with Gasteiger partial charge in [-0.05, 0) is 36.4 Å². The van der Waals surface area contributed by atoms with Crippen LogP contribution in [0.5, 0.6) is 5.75 Å². The van der Waals surface area contributed by atoms with Gasteiger partial charge in [-0.15, -0.1) is 0 Å². The molecule has 0 aromatic heterocycles. The number of carbonyl (C=O) groups excluding carboxylic acids is 1. The Hall–Kier alpha value is -3.08.